The minimum Gasteiger partial charge on any atom is -0.507 e. The van der Waals surface area contributed by atoms with Gasteiger partial charge in [-0.3, -0.25) is 14.2 Å². The van der Waals surface area contributed by atoms with Crippen LogP contribution in [0.2, 0.25) is 0 Å². The van der Waals surface area contributed by atoms with Crippen LogP contribution in [0.4, 0.5) is 18.9 Å². The number of hydrogen-bond donors (Lipinski definition) is 1. The fraction of sp³-hybridized carbons (Fsp3) is 0.353. The smallest absolute Gasteiger partial charge is 0.300 e. The van der Waals surface area contributed by atoms with Crippen molar-refractivity contribution in [1.29, 1.82) is 0 Å². The van der Waals surface area contributed by atoms with Crippen LogP contribution >= 0.6 is 0 Å². The number of hydrogen-bond acceptors (Lipinski definition) is 7. The topological polar surface area (TPSA) is 101 Å². The van der Waals surface area contributed by atoms with Gasteiger partial charge in [0.1, 0.15) is 30.3 Å². The zero-order valence-electron chi connectivity index (χ0n) is 26.1. The maximum absolute atomic E-state index is 17.2. The predicted octanol–water partition coefficient (Wildman–Crippen LogP) is 5.80. The number of fused-ring (bicyclic) bond motifs is 5. The first kappa shape index (κ1) is 31.1. The normalized spacial score (nSPS) is 17.7. The second kappa shape index (κ2) is 11.5. The highest BCUT2D eigenvalue weighted by Crippen LogP contribution is 2.46. The van der Waals surface area contributed by atoms with Crippen LogP contribution < -0.4 is 15.2 Å². The first-order valence-corrected chi connectivity index (χ1v) is 15.1. The SMILES string of the molecule is C=CC(=O)N1C[C@@H]2COc3c(c4cc(F)c(-c5c(O)cccc5F)c(F)c4n(-c4c(C(C)C)ncnc4C(C)C)c3=O)N2C[C@H]1C. The Hall–Kier alpha value is -4.87. The number of anilines is 1. The number of nitrogens with zero attached hydrogens (tertiary/aromatic N) is 5. The van der Waals surface area contributed by atoms with Gasteiger partial charge in [-0.15, -0.1) is 0 Å². The Morgan fingerprint density at radius 1 is 1.04 bits per heavy atom. The third kappa shape index (κ3) is 4.69. The molecule has 12 heteroatoms. The van der Waals surface area contributed by atoms with Crippen LogP contribution in [0.5, 0.6) is 11.5 Å². The van der Waals surface area contributed by atoms with E-state index in [1.54, 1.807) is 4.90 Å². The van der Waals surface area contributed by atoms with E-state index in [0.717, 1.165) is 22.8 Å². The molecule has 46 heavy (non-hydrogen) atoms. The lowest BCUT2D eigenvalue weighted by molar-refractivity contribution is -0.129. The zero-order valence-corrected chi connectivity index (χ0v) is 26.1. The molecular formula is C34H34F3N5O4. The van der Waals surface area contributed by atoms with Crippen LogP contribution in [0.15, 0.2) is 48.0 Å². The van der Waals surface area contributed by atoms with Gasteiger partial charge < -0.3 is 19.6 Å². The van der Waals surface area contributed by atoms with Gasteiger partial charge in [-0.2, -0.15) is 0 Å². The highest BCUT2D eigenvalue weighted by molar-refractivity contribution is 6.00. The van der Waals surface area contributed by atoms with Gasteiger partial charge in [0.25, 0.3) is 5.56 Å². The summed E-state index contributed by atoms with van der Waals surface area (Å²) in [5, 5.41) is 10.6. The second-order valence-corrected chi connectivity index (χ2v) is 12.4. The van der Waals surface area contributed by atoms with Crippen LogP contribution in [0, 0.1) is 17.5 Å². The number of pyridine rings is 1. The molecule has 2 atom stereocenters. The Kier molecular flexibility index (Phi) is 7.77. The predicted molar refractivity (Wildman–Crippen MR) is 168 cm³/mol. The molecule has 1 N–H and O–H groups in total. The molecule has 1 fully saturated rings. The van der Waals surface area contributed by atoms with Crippen LogP contribution in [0.25, 0.3) is 27.7 Å². The largest absolute Gasteiger partial charge is 0.507 e. The van der Waals surface area contributed by atoms with Crippen molar-refractivity contribution in [3.63, 3.8) is 0 Å². The van der Waals surface area contributed by atoms with Gasteiger partial charge >= 0.3 is 0 Å². The van der Waals surface area contributed by atoms with Crippen molar-refractivity contribution in [1.82, 2.24) is 19.4 Å². The van der Waals surface area contributed by atoms with Gasteiger partial charge in [-0.05, 0) is 43.0 Å². The number of rotatable bonds is 5. The molecule has 1 amide bonds. The Morgan fingerprint density at radius 2 is 1.72 bits per heavy atom. The van der Waals surface area contributed by atoms with Gasteiger partial charge in [0.15, 0.2) is 5.82 Å². The maximum Gasteiger partial charge on any atom is 0.300 e. The van der Waals surface area contributed by atoms with E-state index in [1.165, 1.54) is 18.5 Å². The van der Waals surface area contributed by atoms with E-state index in [1.807, 2.05) is 39.5 Å². The number of carbonyl (C=O) groups excluding carboxylic acids is 1. The third-order valence-corrected chi connectivity index (χ3v) is 8.73. The number of halogens is 3. The van der Waals surface area contributed by atoms with Gasteiger partial charge in [-0.25, -0.2) is 23.1 Å². The summed E-state index contributed by atoms with van der Waals surface area (Å²) in [6.07, 6.45) is 2.61. The van der Waals surface area contributed by atoms with Crippen molar-refractivity contribution in [3.05, 3.63) is 82.4 Å². The summed E-state index contributed by atoms with van der Waals surface area (Å²) in [4.78, 5) is 39.7. The number of ether oxygens (including phenoxy) is 1. The molecule has 0 bridgehead atoms. The van der Waals surface area contributed by atoms with Gasteiger partial charge in [-0.1, -0.05) is 40.3 Å². The van der Waals surface area contributed by atoms with Gasteiger partial charge in [0.05, 0.1) is 45.4 Å². The molecule has 2 aromatic carbocycles. The van der Waals surface area contributed by atoms with E-state index in [9.17, 15) is 14.7 Å². The molecule has 0 radical (unpaired) electrons. The van der Waals surface area contributed by atoms with Gasteiger partial charge in [0.2, 0.25) is 11.7 Å². The van der Waals surface area contributed by atoms with E-state index in [2.05, 4.69) is 16.5 Å². The molecule has 2 aromatic heterocycles. The maximum atomic E-state index is 17.2. The molecule has 6 rings (SSSR count). The Balaban J connectivity index is 1.77. The van der Waals surface area contributed by atoms with Crippen LogP contribution in [-0.4, -0.2) is 62.2 Å². The highest BCUT2D eigenvalue weighted by atomic mass is 19.1. The standard InChI is InChI=1S/C34H34F3N5O4/c1-7-24(44)40-13-19-14-46-33-31(41(19)12-18(40)6)20-11-22(36)26(25-21(35)9-8-10-23(25)43)27(37)30(20)42(34(33)45)32-28(16(2)3)38-15-39-29(32)17(4)5/h7-11,15-19,43H,1,12-14H2,2-6H3/t18-,19-/m1/s1. The monoisotopic (exact) mass is 633 g/mol. The summed E-state index contributed by atoms with van der Waals surface area (Å²) in [7, 11) is 0. The zero-order chi connectivity index (χ0) is 33.2. The summed E-state index contributed by atoms with van der Waals surface area (Å²) in [5.41, 5.74) is -1.30. The summed E-state index contributed by atoms with van der Waals surface area (Å²) >= 11 is 0. The average Bonchev–Trinajstić information content (AvgIpc) is 3.01. The number of phenols is 1. The minimum absolute atomic E-state index is 0.00200. The van der Waals surface area contributed by atoms with Crippen molar-refractivity contribution < 1.29 is 27.8 Å². The van der Waals surface area contributed by atoms with Crippen LogP contribution in [0.1, 0.15) is 57.8 Å². The van der Waals surface area contributed by atoms with E-state index in [0.29, 0.717) is 11.4 Å². The summed E-state index contributed by atoms with van der Waals surface area (Å²) in [6, 6.07) is 3.60. The molecule has 1 saturated heterocycles. The van der Waals surface area contributed by atoms with E-state index in [-0.39, 0.29) is 71.5 Å². The Labute approximate surface area is 263 Å². The number of piperazine rings is 1. The molecule has 2 aliphatic heterocycles. The van der Waals surface area contributed by atoms with Crippen molar-refractivity contribution in [3.8, 4) is 28.3 Å². The molecule has 0 saturated carbocycles. The molecule has 4 heterocycles. The summed E-state index contributed by atoms with van der Waals surface area (Å²) in [6.45, 7) is 13.4. The molecule has 0 spiro atoms. The lowest BCUT2D eigenvalue weighted by atomic mass is 9.96. The van der Waals surface area contributed by atoms with Crippen molar-refractivity contribution >= 4 is 22.5 Å². The average molecular weight is 634 g/mol. The summed E-state index contributed by atoms with van der Waals surface area (Å²) in [5.74, 6) is -4.98. The van der Waals surface area contributed by atoms with E-state index >= 15 is 13.2 Å². The first-order valence-electron chi connectivity index (χ1n) is 15.1. The fourth-order valence-electron chi connectivity index (χ4n) is 6.59. The molecule has 0 aliphatic carbocycles. The minimum atomic E-state index is -1.25. The molecule has 9 nitrogen and oxygen atoms in total. The second-order valence-electron chi connectivity index (χ2n) is 12.4. The van der Waals surface area contributed by atoms with Gasteiger partial charge in [0, 0.05) is 24.5 Å². The molecular weight excluding hydrogens is 599 g/mol. The van der Waals surface area contributed by atoms with Crippen molar-refractivity contribution in [2.45, 2.75) is 58.5 Å². The molecule has 240 valence electrons. The number of benzene rings is 2. The highest BCUT2D eigenvalue weighted by Gasteiger charge is 2.41. The van der Waals surface area contributed by atoms with Crippen LogP contribution in [0.3, 0.4) is 0 Å². The number of carbonyl (C=O) groups is 1. The number of amides is 1. The van der Waals surface area contributed by atoms with E-state index < -0.39 is 45.9 Å². The fourth-order valence-corrected chi connectivity index (χ4v) is 6.59. The van der Waals surface area contributed by atoms with Crippen molar-refractivity contribution in [2.24, 2.45) is 0 Å². The van der Waals surface area contributed by atoms with E-state index in [4.69, 9.17) is 4.74 Å². The lowest BCUT2D eigenvalue weighted by Gasteiger charge is -2.48. The number of aromatic nitrogens is 3. The molecule has 2 aliphatic rings. The number of phenolic OH excluding ortho intramolecular Hbond substituents is 1. The first-order chi connectivity index (χ1) is 21.9. The van der Waals surface area contributed by atoms with Crippen LogP contribution in [-0.2, 0) is 4.79 Å². The Morgan fingerprint density at radius 3 is 2.33 bits per heavy atom. The summed E-state index contributed by atoms with van der Waals surface area (Å²) < 4.78 is 55.8. The lowest BCUT2D eigenvalue weighted by Crippen LogP contribution is -2.62. The molecule has 0 unspecified atom stereocenters. The molecule has 4 aromatic rings. The van der Waals surface area contributed by atoms with Crippen molar-refractivity contribution in [2.75, 3.05) is 24.6 Å². The number of aromatic hydroxyl groups is 1. The quantitative estimate of drug-likeness (QED) is 0.277. The third-order valence-electron chi connectivity index (χ3n) is 8.73. The Bertz CT molecular complexity index is 1930.